The van der Waals surface area contributed by atoms with Crippen LogP contribution in [0.25, 0.3) is 0 Å². The Balaban J connectivity index is 1.72. The molecule has 41 heavy (non-hydrogen) atoms. The van der Waals surface area contributed by atoms with Gasteiger partial charge in [-0.3, -0.25) is 9.59 Å². The SMILES string of the molecule is CCCn1nnnc1C(C)C(CC(C)C)C(=O)NC1N=C(c2ccc(C(F)(F)F)cc2)c2ccccc2N(C)C1=O. The number of carbonyl (C=O) groups excluding carboxylic acids is 2. The predicted molar refractivity (Wildman–Crippen MR) is 148 cm³/mol. The van der Waals surface area contributed by atoms with Crippen LogP contribution in [-0.4, -0.2) is 50.9 Å². The fourth-order valence-corrected chi connectivity index (χ4v) is 5.04. The molecule has 0 saturated heterocycles. The zero-order valence-corrected chi connectivity index (χ0v) is 23.7. The van der Waals surface area contributed by atoms with E-state index < -0.39 is 29.7 Å². The molecule has 1 aliphatic heterocycles. The summed E-state index contributed by atoms with van der Waals surface area (Å²) in [5.74, 6) is -1.03. The zero-order valence-electron chi connectivity index (χ0n) is 23.7. The normalized spacial score (nSPS) is 17.1. The van der Waals surface area contributed by atoms with Gasteiger partial charge in [0.05, 0.1) is 17.0 Å². The van der Waals surface area contributed by atoms with Gasteiger partial charge >= 0.3 is 6.18 Å². The van der Waals surface area contributed by atoms with E-state index in [0.717, 1.165) is 18.6 Å². The Hall–Kier alpha value is -4.09. The quantitative estimate of drug-likeness (QED) is 0.398. The number of carbonyl (C=O) groups is 2. The summed E-state index contributed by atoms with van der Waals surface area (Å²) < 4.78 is 41.4. The maximum Gasteiger partial charge on any atom is 0.416 e. The number of nitrogens with zero attached hydrogens (tertiary/aromatic N) is 6. The van der Waals surface area contributed by atoms with Gasteiger partial charge < -0.3 is 10.2 Å². The van der Waals surface area contributed by atoms with Crippen molar-refractivity contribution < 1.29 is 22.8 Å². The minimum absolute atomic E-state index is 0.159. The largest absolute Gasteiger partial charge is 0.416 e. The van der Waals surface area contributed by atoms with Gasteiger partial charge in [0.2, 0.25) is 12.1 Å². The zero-order chi connectivity index (χ0) is 29.9. The lowest BCUT2D eigenvalue weighted by Gasteiger charge is -2.26. The standard InChI is InChI=1S/C29H34F3N7O2/c1-6-15-39-26(35-36-37-39)18(4)22(16-17(2)3)27(40)34-25-28(41)38(5)23-10-8-7-9-21(23)24(33-25)19-11-13-20(14-12-19)29(30,31)32/h7-14,17-18,22,25H,6,15-16H2,1-5H3,(H,34,40). The number of benzodiazepines with no additional fused rings is 1. The van der Waals surface area contributed by atoms with E-state index in [1.165, 1.54) is 17.0 Å². The molecule has 2 heterocycles. The maximum absolute atomic E-state index is 13.8. The van der Waals surface area contributed by atoms with E-state index in [1.54, 1.807) is 36.0 Å². The van der Waals surface area contributed by atoms with Crippen molar-refractivity contribution in [3.05, 3.63) is 71.0 Å². The average Bonchev–Trinajstić information content (AvgIpc) is 3.37. The van der Waals surface area contributed by atoms with Crippen LogP contribution in [-0.2, 0) is 22.3 Å². The second-order valence-electron chi connectivity index (χ2n) is 10.7. The third kappa shape index (κ3) is 6.47. The van der Waals surface area contributed by atoms with Crippen molar-refractivity contribution in [1.82, 2.24) is 25.5 Å². The molecule has 3 unspecified atom stereocenters. The highest BCUT2D eigenvalue weighted by molar-refractivity contribution is 6.20. The molecule has 9 nitrogen and oxygen atoms in total. The number of amides is 2. The molecule has 2 amide bonds. The molecule has 0 spiro atoms. The number of anilines is 1. The molecular weight excluding hydrogens is 535 g/mol. The minimum atomic E-state index is -4.49. The summed E-state index contributed by atoms with van der Waals surface area (Å²) >= 11 is 0. The van der Waals surface area contributed by atoms with Crippen LogP contribution in [0, 0.1) is 11.8 Å². The van der Waals surface area contributed by atoms with E-state index >= 15 is 0 Å². The summed E-state index contributed by atoms with van der Waals surface area (Å²) in [6, 6.07) is 11.6. The molecule has 4 rings (SSSR count). The van der Waals surface area contributed by atoms with Gasteiger partial charge in [0.15, 0.2) is 5.82 Å². The monoisotopic (exact) mass is 569 g/mol. The van der Waals surface area contributed by atoms with Crippen LogP contribution >= 0.6 is 0 Å². The predicted octanol–water partition coefficient (Wildman–Crippen LogP) is 4.82. The number of rotatable bonds is 9. The van der Waals surface area contributed by atoms with E-state index in [1.807, 2.05) is 27.7 Å². The number of nitrogens with one attached hydrogen (secondary N) is 1. The first kappa shape index (κ1) is 29.9. The minimum Gasteiger partial charge on any atom is -0.326 e. The van der Waals surface area contributed by atoms with Gasteiger partial charge in [0.25, 0.3) is 5.91 Å². The molecule has 3 aromatic rings. The highest BCUT2D eigenvalue weighted by Gasteiger charge is 2.36. The topological polar surface area (TPSA) is 105 Å². The molecule has 218 valence electrons. The Morgan fingerprint density at radius 1 is 1.07 bits per heavy atom. The smallest absolute Gasteiger partial charge is 0.326 e. The molecule has 0 fully saturated rings. The van der Waals surface area contributed by atoms with Gasteiger partial charge in [-0.2, -0.15) is 13.2 Å². The number of alkyl halides is 3. The van der Waals surface area contributed by atoms with E-state index in [-0.39, 0.29) is 17.7 Å². The number of hydrogen-bond donors (Lipinski definition) is 1. The van der Waals surface area contributed by atoms with Crippen molar-refractivity contribution in [2.75, 3.05) is 11.9 Å². The van der Waals surface area contributed by atoms with Crippen molar-refractivity contribution >= 4 is 23.2 Å². The number of aliphatic imine (C=N–C) groups is 1. The molecular formula is C29H34F3N7O2. The Morgan fingerprint density at radius 2 is 1.76 bits per heavy atom. The number of benzene rings is 2. The molecule has 1 aliphatic rings. The first-order valence-electron chi connectivity index (χ1n) is 13.6. The molecule has 2 aromatic carbocycles. The van der Waals surface area contributed by atoms with Gasteiger partial charge in [0.1, 0.15) is 0 Å². The van der Waals surface area contributed by atoms with E-state index in [2.05, 4.69) is 25.8 Å². The molecule has 3 atom stereocenters. The van der Waals surface area contributed by atoms with Crippen molar-refractivity contribution in [2.45, 2.75) is 65.3 Å². The van der Waals surface area contributed by atoms with Crippen LogP contribution in [0.15, 0.2) is 53.5 Å². The highest BCUT2D eigenvalue weighted by Crippen LogP contribution is 2.32. The van der Waals surface area contributed by atoms with Crippen LogP contribution in [0.5, 0.6) is 0 Å². The van der Waals surface area contributed by atoms with E-state index in [4.69, 9.17) is 0 Å². The molecule has 0 bridgehead atoms. The van der Waals surface area contributed by atoms with Crippen LogP contribution in [0.1, 0.15) is 69.0 Å². The van der Waals surface area contributed by atoms with Gasteiger partial charge in [-0.15, -0.1) is 5.10 Å². The van der Waals surface area contributed by atoms with E-state index in [9.17, 15) is 22.8 Å². The Labute approximate surface area is 236 Å². The molecule has 0 saturated carbocycles. The summed E-state index contributed by atoms with van der Waals surface area (Å²) in [5, 5.41) is 14.9. The van der Waals surface area contributed by atoms with Gasteiger partial charge in [0, 0.05) is 36.6 Å². The Morgan fingerprint density at radius 3 is 2.39 bits per heavy atom. The number of para-hydroxylation sites is 1. The van der Waals surface area contributed by atoms with Crippen LogP contribution in [0.3, 0.4) is 0 Å². The maximum atomic E-state index is 13.8. The summed E-state index contributed by atoms with van der Waals surface area (Å²) in [7, 11) is 1.58. The van der Waals surface area contributed by atoms with Crippen LogP contribution in [0.4, 0.5) is 18.9 Å². The molecule has 12 heteroatoms. The lowest BCUT2D eigenvalue weighted by atomic mass is 9.85. The van der Waals surface area contributed by atoms with Crippen molar-refractivity contribution in [1.29, 1.82) is 0 Å². The Kier molecular flexibility index (Phi) is 8.89. The van der Waals surface area contributed by atoms with Crippen molar-refractivity contribution in [2.24, 2.45) is 16.8 Å². The Bertz CT molecular complexity index is 1420. The average molecular weight is 570 g/mol. The fourth-order valence-electron chi connectivity index (χ4n) is 5.04. The van der Waals surface area contributed by atoms with Gasteiger partial charge in [-0.25, -0.2) is 9.67 Å². The van der Waals surface area contributed by atoms with Crippen molar-refractivity contribution in [3.8, 4) is 0 Å². The molecule has 0 radical (unpaired) electrons. The number of aromatic nitrogens is 4. The lowest BCUT2D eigenvalue weighted by molar-refractivity contribution is -0.137. The summed E-state index contributed by atoms with van der Waals surface area (Å²) in [6.45, 7) is 8.51. The number of aryl methyl sites for hydroxylation is 1. The third-order valence-electron chi connectivity index (χ3n) is 7.18. The molecule has 1 aromatic heterocycles. The number of likely N-dealkylation sites (N-methyl/N-ethyl adjacent to an activating group) is 1. The first-order chi connectivity index (χ1) is 19.4. The molecule has 0 aliphatic carbocycles. The van der Waals surface area contributed by atoms with Crippen molar-refractivity contribution in [3.63, 3.8) is 0 Å². The van der Waals surface area contributed by atoms with Gasteiger partial charge in [-0.05, 0) is 47.4 Å². The number of fused-ring (bicyclic) bond motifs is 1. The number of halogens is 3. The second kappa shape index (κ2) is 12.2. The fraction of sp³-hybridized carbons (Fsp3) is 0.448. The molecule has 1 N–H and O–H groups in total. The number of hydrogen-bond acceptors (Lipinski definition) is 6. The summed E-state index contributed by atoms with van der Waals surface area (Å²) in [5.41, 5.74) is 0.985. The summed E-state index contributed by atoms with van der Waals surface area (Å²) in [6.07, 6.45) is -4.46. The van der Waals surface area contributed by atoms with E-state index in [0.29, 0.717) is 41.3 Å². The number of tetrazole rings is 1. The van der Waals surface area contributed by atoms with Gasteiger partial charge in [-0.1, -0.05) is 58.0 Å². The second-order valence-corrected chi connectivity index (χ2v) is 10.7. The highest BCUT2D eigenvalue weighted by atomic mass is 19.4. The van der Waals surface area contributed by atoms with Crippen LogP contribution in [0.2, 0.25) is 0 Å². The summed E-state index contributed by atoms with van der Waals surface area (Å²) in [4.78, 5) is 33.5. The first-order valence-corrected chi connectivity index (χ1v) is 13.6. The lowest BCUT2D eigenvalue weighted by Crippen LogP contribution is -2.48. The third-order valence-corrected chi connectivity index (χ3v) is 7.18. The van der Waals surface area contributed by atoms with Crippen LogP contribution < -0.4 is 10.2 Å².